The topological polar surface area (TPSA) is 64.7 Å². The zero-order valence-electron chi connectivity index (χ0n) is 14.3. The van der Waals surface area contributed by atoms with Gasteiger partial charge in [-0.15, -0.1) is 0 Å². The molecule has 24 heavy (non-hydrogen) atoms. The largest absolute Gasteiger partial charge is 0.353 e. The first-order valence-electron chi connectivity index (χ1n) is 8.65. The maximum absolute atomic E-state index is 12.3. The van der Waals surface area contributed by atoms with Crippen molar-refractivity contribution in [3.05, 3.63) is 35.9 Å². The lowest BCUT2D eigenvalue weighted by atomic mass is 9.98. The fourth-order valence-corrected chi connectivity index (χ4v) is 3.54. The standard InChI is InChI=1S/C18H26N4O2/c1-18(14-20-17(24)21-11-9-19-16(23)13-21)8-5-10-22(18)12-15-6-3-2-4-7-15/h2-4,6-7H,5,8-14H2,1H3,(H,19,23)(H,20,24). The molecule has 0 aromatic heterocycles. The molecule has 3 amide bonds. The number of nitrogens with zero attached hydrogens (tertiary/aromatic N) is 2. The van der Waals surface area contributed by atoms with Crippen LogP contribution in [0.4, 0.5) is 4.79 Å². The molecule has 1 unspecified atom stereocenters. The molecular weight excluding hydrogens is 304 g/mol. The number of benzene rings is 1. The summed E-state index contributed by atoms with van der Waals surface area (Å²) in [5.74, 6) is -0.0887. The first-order valence-corrected chi connectivity index (χ1v) is 8.65. The molecule has 130 valence electrons. The molecule has 0 spiro atoms. The highest BCUT2D eigenvalue weighted by atomic mass is 16.2. The first kappa shape index (κ1) is 16.8. The molecule has 2 aliphatic heterocycles. The van der Waals surface area contributed by atoms with Crippen LogP contribution in [0.3, 0.4) is 0 Å². The Morgan fingerprint density at radius 3 is 2.83 bits per heavy atom. The van der Waals surface area contributed by atoms with Crippen molar-refractivity contribution in [2.75, 3.05) is 32.7 Å². The van der Waals surface area contributed by atoms with Crippen molar-refractivity contribution >= 4 is 11.9 Å². The average molecular weight is 330 g/mol. The Morgan fingerprint density at radius 2 is 2.08 bits per heavy atom. The van der Waals surface area contributed by atoms with Crippen molar-refractivity contribution in [3.8, 4) is 0 Å². The Balaban J connectivity index is 1.56. The Labute approximate surface area is 143 Å². The van der Waals surface area contributed by atoms with E-state index >= 15 is 0 Å². The molecule has 2 saturated heterocycles. The number of urea groups is 1. The Hall–Kier alpha value is -2.08. The van der Waals surface area contributed by atoms with Crippen molar-refractivity contribution in [1.29, 1.82) is 0 Å². The molecular formula is C18H26N4O2. The Bertz CT molecular complexity index is 592. The van der Waals surface area contributed by atoms with Crippen molar-refractivity contribution < 1.29 is 9.59 Å². The van der Waals surface area contributed by atoms with Crippen molar-refractivity contribution in [2.45, 2.75) is 31.8 Å². The van der Waals surface area contributed by atoms with Crippen LogP contribution in [0.2, 0.25) is 0 Å². The van der Waals surface area contributed by atoms with Crippen molar-refractivity contribution in [2.24, 2.45) is 0 Å². The molecule has 6 nitrogen and oxygen atoms in total. The third kappa shape index (κ3) is 3.87. The smallest absolute Gasteiger partial charge is 0.317 e. The van der Waals surface area contributed by atoms with Gasteiger partial charge in [0.2, 0.25) is 5.91 Å². The third-order valence-corrected chi connectivity index (χ3v) is 5.07. The lowest BCUT2D eigenvalue weighted by molar-refractivity contribution is -0.123. The van der Waals surface area contributed by atoms with Gasteiger partial charge in [0.1, 0.15) is 6.54 Å². The molecule has 1 aromatic rings. The highest BCUT2D eigenvalue weighted by molar-refractivity contribution is 5.85. The Kier molecular flexibility index (Phi) is 5.04. The lowest BCUT2D eigenvalue weighted by Gasteiger charge is -2.36. The monoisotopic (exact) mass is 330 g/mol. The van der Waals surface area contributed by atoms with Gasteiger partial charge in [-0.2, -0.15) is 0 Å². The van der Waals surface area contributed by atoms with E-state index in [0.717, 1.165) is 25.9 Å². The molecule has 0 saturated carbocycles. The minimum absolute atomic E-state index is 0.0381. The van der Waals surface area contributed by atoms with Gasteiger partial charge in [0.05, 0.1) is 0 Å². The molecule has 0 radical (unpaired) electrons. The predicted octanol–water partition coefficient (Wildman–Crippen LogP) is 1.18. The second-order valence-electron chi connectivity index (χ2n) is 6.94. The van der Waals surface area contributed by atoms with Gasteiger partial charge in [0.25, 0.3) is 0 Å². The molecule has 2 fully saturated rings. The summed E-state index contributed by atoms with van der Waals surface area (Å²) in [6.07, 6.45) is 2.21. The summed E-state index contributed by atoms with van der Waals surface area (Å²) in [5, 5.41) is 5.77. The normalized spacial score (nSPS) is 24.7. The third-order valence-electron chi connectivity index (χ3n) is 5.07. The molecule has 2 aliphatic rings. The number of piperazine rings is 1. The molecule has 2 N–H and O–H groups in total. The maximum atomic E-state index is 12.3. The summed E-state index contributed by atoms with van der Waals surface area (Å²) >= 11 is 0. The Morgan fingerprint density at radius 1 is 1.29 bits per heavy atom. The number of amides is 3. The van der Waals surface area contributed by atoms with E-state index in [1.54, 1.807) is 4.90 Å². The van der Waals surface area contributed by atoms with Crippen LogP contribution in [0.5, 0.6) is 0 Å². The van der Waals surface area contributed by atoms with E-state index in [4.69, 9.17) is 0 Å². The number of carbonyl (C=O) groups is 2. The van der Waals surface area contributed by atoms with Gasteiger partial charge in [-0.1, -0.05) is 30.3 Å². The second-order valence-corrected chi connectivity index (χ2v) is 6.94. The van der Waals surface area contributed by atoms with Crippen LogP contribution in [0.15, 0.2) is 30.3 Å². The number of carbonyl (C=O) groups excluding carboxylic acids is 2. The highest BCUT2D eigenvalue weighted by Gasteiger charge is 2.37. The minimum atomic E-state index is -0.141. The number of nitrogens with one attached hydrogen (secondary N) is 2. The summed E-state index contributed by atoms with van der Waals surface area (Å²) in [6.45, 7) is 6.03. The summed E-state index contributed by atoms with van der Waals surface area (Å²) in [5.41, 5.74) is 1.26. The fraction of sp³-hybridized carbons (Fsp3) is 0.556. The summed E-state index contributed by atoms with van der Waals surface area (Å²) in [4.78, 5) is 27.8. The van der Waals surface area contributed by atoms with E-state index < -0.39 is 0 Å². The first-order chi connectivity index (χ1) is 11.6. The molecule has 1 aromatic carbocycles. The number of likely N-dealkylation sites (tertiary alicyclic amines) is 1. The van der Waals surface area contributed by atoms with Crippen molar-refractivity contribution in [1.82, 2.24) is 20.4 Å². The molecule has 3 rings (SSSR count). The van der Waals surface area contributed by atoms with E-state index in [2.05, 4.69) is 46.7 Å². The van der Waals surface area contributed by atoms with Crippen LogP contribution in [-0.2, 0) is 11.3 Å². The van der Waals surface area contributed by atoms with E-state index in [0.29, 0.717) is 19.6 Å². The molecule has 1 atom stereocenters. The van der Waals surface area contributed by atoms with Gasteiger partial charge in [0, 0.05) is 31.7 Å². The number of hydrogen-bond acceptors (Lipinski definition) is 3. The predicted molar refractivity (Wildman–Crippen MR) is 92.5 cm³/mol. The van der Waals surface area contributed by atoms with Crippen LogP contribution in [0.1, 0.15) is 25.3 Å². The van der Waals surface area contributed by atoms with Gasteiger partial charge in [-0.25, -0.2) is 4.79 Å². The van der Waals surface area contributed by atoms with E-state index in [-0.39, 0.29) is 24.0 Å². The van der Waals surface area contributed by atoms with Crippen LogP contribution < -0.4 is 10.6 Å². The molecule has 0 aliphatic carbocycles. The highest BCUT2D eigenvalue weighted by Crippen LogP contribution is 2.30. The van der Waals surface area contributed by atoms with E-state index in [1.165, 1.54) is 5.56 Å². The number of hydrogen-bond donors (Lipinski definition) is 2. The zero-order chi connectivity index (χ0) is 17.0. The fourth-order valence-electron chi connectivity index (χ4n) is 3.54. The minimum Gasteiger partial charge on any atom is -0.353 e. The van der Waals surface area contributed by atoms with Gasteiger partial charge < -0.3 is 15.5 Å². The molecule has 6 heteroatoms. The van der Waals surface area contributed by atoms with Crippen LogP contribution in [0, 0.1) is 0 Å². The lowest BCUT2D eigenvalue weighted by Crippen LogP contribution is -2.56. The van der Waals surface area contributed by atoms with Crippen molar-refractivity contribution in [3.63, 3.8) is 0 Å². The van der Waals surface area contributed by atoms with Gasteiger partial charge >= 0.3 is 6.03 Å². The van der Waals surface area contributed by atoms with Gasteiger partial charge in [0.15, 0.2) is 0 Å². The summed E-state index contributed by atoms with van der Waals surface area (Å²) < 4.78 is 0. The van der Waals surface area contributed by atoms with Gasteiger partial charge in [-0.3, -0.25) is 9.69 Å². The maximum Gasteiger partial charge on any atom is 0.317 e. The number of rotatable bonds is 4. The van der Waals surface area contributed by atoms with Crippen LogP contribution in [-0.4, -0.2) is 60.0 Å². The van der Waals surface area contributed by atoms with E-state index in [1.807, 2.05) is 6.07 Å². The average Bonchev–Trinajstić information content (AvgIpc) is 2.95. The van der Waals surface area contributed by atoms with E-state index in [9.17, 15) is 9.59 Å². The second kappa shape index (κ2) is 7.21. The zero-order valence-corrected chi connectivity index (χ0v) is 14.3. The molecule has 0 bridgehead atoms. The summed E-state index contributed by atoms with van der Waals surface area (Å²) in [7, 11) is 0. The molecule has 2 heterocycles. The van der Waals surface area contributed by atoms with Crippen LogP contribution >= 0.6 is 0 Å². The van der Waals surface area contributed by atoms with Crippen LogP contribution in [0.25, 0.3) is 0 Å². The summed E-state index contributed by atoms with van der Waals surface area (Å²) in [6, 6.07) is 10.3. The quantitative estimate of drug-likeness (QED) is 0.871. The SMILES string of the molecule is CC1(CNC(=O)N2CCNC(=O)C2)CCCN1Cc1ccccc1. The van der Waals surface area contributed by atoms with Gasteiger partial charge in [-0.05, 0) is 31.9 Å².